The lowest BCUT2D eigenvalue weighted by atomic mass is 9.95. The van der Waals surface area contributed by atoms with Gasteiger partial charge in [0.05, 0.1) is 12.7 Å². The molecule has 0 heterocycles. The van der Waals surface area contributed by atoms with E-state index in [1.54, 1.807) is 13.8 Å². The van der Waals surface area contributed by atoms with Crippen LogP contribution >= 0.6 is 0 Å². The van der Waals surface area contributed by atoms with Gasteiger partial charge >= 0.3 is 12.3 Å². The van der Waals surface area contributed by atoms with E-state index in [0.29, 0.717) is 32.3 Å². The van der Waals surface area contributed by atoms with E-state index >= 15 is 0 Å². The number of carbonyl (C=O) groups is 2. The van der Waals surface area contributed by atoms with Crippen molar-refractivity contribution in [2.24, 2.45) is 5.92 Å². The highest BCUT2D eigenvalue weighted by atomic mass is 16.7. The molecule has 1 fully saturated rings. The summed E-state index contributed by atoms with van der Waals surface area (Å²) in [6.07, 6.45) is 10.7. The van der Waals surface area contributed by atoms with E-state index in [1.165, 1.54) is 38.5 Å². The number of ether oxygens (including phenoxy) is 4. The van der Waals surface area contributed by atoms with E-state index in [-0.39, 0.29) is 18.3 Å². The maximum absolute atomic E-state index is 11.8. The maximum atomic E-state index is 11.8. The van der Waals surface area contributed by atoms with Crippen molar-refractivity contribution in [2.45, 2.75) is 123 Å². The Hall–Kier alpha value is -1.46. The largest absolute Gasteiger partial charge is 0.508 e. The van der Waals surface area contributed by atoms with Crippen LogP contribution in [0.2, 0.25) is 0 Å². The van der Waals surface area contributed by atoms with Crippen LogP contribution in [0.4, 0.5) is 9.59 Å². The average molecular weight is 415 g/mol. The molecular weight excluding hydrogens is 372 g/mol. The summed E-state index contributed by atoms with van der Waals surface area (Å²) in [5, 5.41) is 0. The second kappa shape index (κ2) is 15.4. The van der Waals surface area contributed by atoms with Gasteiger partial charge in [0.25, 0.3) is 0 Å². The molecule has 0 bridgehead atoms. The Kier molecular flexibility index (Phi) is 13.6. The predicted octanol–water partition coefficient (Wildman–Crippen LogP) is 6.79. The third-order valence-corrected chi connectivity index (χ3v) is 5.12. The Morgan fingerprint density at radius 2 is 1.21 bits per heavy atom. The van der Waals surface area contributed by atoms with Crippen LogP contribution in [0.15, 0.2) is 0 Å². The average Bonchev–Trinajstić information content (AvgIpc) is 2.64. The highest BCUT2D eigenvalue weighted by molar-refractivity contribution is 5.60. The van der Waals surface area contributed by atoms with Crippen LogP contribution in [-0.2, 0) is 18.9 Å². The fourth-order valence-electron chi connectivity index (χ4n) is 3.49. The van der Waals surface area contributed by atoms with E-state index < -0.39 is 12.3 Å². The first-order chi connectivity index (χ1) is 13.9. The van der Waals surface area contributed by atoms with Gasteiger partial charge in [-0.05, 0) is 51.9 Å². The lowest BCUT2D eigenvalue weighted by Crippen LogP contribution is -2.30. The SMILES string of the molecule is CC(C)CCCCCCCCCOC(=O)OC1CCC(OC(=O)OC(C)C)CC1. The van der Waals surface area contributed by atoms with Crippen LogP contribution in [0.3, 0.4) is 0 Å². The second-order valence-electron chi connectivity index (χ2n) is 8.81. The van der Waals surface area contributed by atoms with Crippen molar-refractivity contribution in [3.63, 3.8) is 0 Å². The van der Waals surface area contributed by atoms with Gasteiger partial charge in [0, 0.05) is 0 Å². The third kappa shape index (κ3) is 14.2. The van der Waals surface area contributed by atoms with Crippen molar-refractivity contribution in [3.8, 4) is 0 Å². The molecule has 1 aliphatic rings. The van der Waals surface area contributed by atoms with Crippen LogP contribution in [0.1, 0.15) is 105 Å². The molecule has 29 heavy (non-hydrogen) atoms. The third-order valence-electron chi connectivity index (χ3n) is 5.12. The Morgan fingerprint density at radius 3 is 1.72 bits per heavy atom. The summed E-state index contributed by atoms with van der Waals surface area (Å²) in [5.41, 5.74) is 0. The maximum Gasteiger partial charge on any atom is 0.508 e. The van der Waals surface area contributed by atoms with Gasteiger partial charge in [-0.3, -0.25) is 0 Å². The quantitative estimate of drug-likeness (QED) is 0.244. The van der Waals surface area contributed by atoms with Crippen LogP contribution in [0.5, 0.6) is 0 Å². The molecule has 0 aliphatic heterocycles. The summed E-state index contributed by atoms with van der Waals surface area (Å²) in [6.45, 7) is 8.54. The van der Waals surface area contributed by atoms with Crippen molar-refractivity contribution < 1.29 is 28.5 Å². The van der Waals surface area contributed by atoms with Crippen LogP contribution in [0, 0.1) is 5.92 Å². The predicted molar refractivity (Wildman–Crippen MR) is 113 cm³/mol. The van der Waals surface area contributed by atoms with E-state index in [1.807, 2.05) is 0 Å². The molecule has 6 heteroatoms. The molecule has 170 valence electrons. The number of carbonyl (C=O) groups excluding carboxylic acids is 2. The summed E-state index contributed by atoms with van der Waals surface area (Å²) < 4.78 is 20.8. The fourth-order valence-corrected chi connectivity index (χ4v) is 3.49. The molecule has 0 amide bonds. The summed E-state index contributed by atoms with van der Waals surface area (Å²) in [5.74, 6) is 0.809. The Balaban J connectivity index is 1.96. The topological polar surface area (TPSA) is 71.1 Å². The first-order valence-electron chi connectivity index (χ1n) is 11.6. The van der Waals surface area contributed by atoms with Gasteiger partial charge in [-0.25, -0.2) is 9.59 Å². The molecule has 0 aromatic heterocycles. The van der Waals surface area contributed by atoms with E-state index in [2.05, 4.69) is 13.8 Å². The molecule has 1 aliphatic carbocycles. The molecule has 0 spiro atoms. The zero-order valence-corrected chi connectivity index (χ0v) is 19.0. The zero-order chi connectivity index (χ0) is 21.5. The van der Waals surface area contributed by atoms with Crippen molar-refractivity contribution in [3.05, 3.63) is 0 Å². The minimum absolute atomic E-state index is 0.158. The fraction of sp³-hybridized carbons (Fsp3) is 0.913. The van der Waals surface area contributed by atoms with Crippen molar-refractivity contribution in [2.75, 3.05) is 6.61 Å². The van der Waals surface area contributed by atoms with Crippen molar-refractivity contribution in [1.29, 1.82) is 0 Å². The lowest BCUT2D eigenvalue weighted by molar-refractivity contribution is -0.0326. The van der Waals surface area contributed by atoms with Crippen LogP contribution in [0.25, 0.3) is 0 Å². The minimum atomic E-state index is -0.626. The second-order valence-corrected chi connectivity index (χ2v) is 8.81. The number of unbranched alkanes of at least 4 members (excludes halogenated alkanes) is 6. The molecule has 1 saturated carbocycles. The summed E-state index contributed by atoms with van der Waals surface area (Å²) >= 11 is 0. The monoisotopic (exact) mass is 414 g/mol. The Labute approximate surface area is 177 Å². The highest BCUT2D eigenvalue weighted by Gasteiger charge is 2.27. The number of hydrogen-bond donors (Lipinski definition) is 0. The summed E-state index contributed by atoms with van der Waals surface area (Å²) in [7, 11) is 0. The molecule has 0 aromatic rings. The Morgan fingerprint density at radius 1 is 0.724 bits per heavy atom. The van der Waals surface area contributed by atoms with Gasteiger partial charge in [0.15, 0.2) is 0 Å². The van der Waals surface area contributed by atoms with Crippen LogP contribution < -0.4 is 0 Å². The standard InChI is InChI=1S/C23H42O6/c1-18(2)12-10-8-6-5-7-9-11-17-26-22(24)28-20-13-15-21(16-14-20)29-23(25)27-19(3)4/h18-21H,5-17H2,1-4H3. The molecule has 0 aromatic carbocycles. The molecule has 6 nitrogen and oxygen atoms in total. The summed E-state index contributed by atoms with van der Waals surface area (Å²) in [4.78, 5) is 23.3. The lowest BCUT2D eigenvalue weighted by Gasteiger charge is -2.27. The zero-order valence-electron chi connectivity index (χ0n) is 19.0. The van der Waals surface area contributed by atoms with E-state index in [4.69, 9.17) is 18.9 Å². The molecule has 1 rings (SSSR count). The molecular formula is C23H42O6. The van der Waals surface area contributed by atoms with E-state index in [0.717, 1.165) is 18.8 Å². The molecule has 0 N–H and O–H groups in total. The van der Waals surface area contributed by atoms with Gasteiger partial charge in [0.2, 0.25) is 0 Å². The van der Waals surface area contributed by atoms with Gasteiger partial charge in [-0.2, -0.15) is 0 Å². The van der Waals surface area contributed by atoms with Gasteiger partial charge in [-0.1, -0.05) is 58.8 Å². The first-order valence-corrected chi connectivity index (χ1v) is 11.6. The number of rotatable bonds is 13. The van der Waals surface area contributed by atoms with Crippen molar-refractivity contribution >= 4 is 12.3 Å². The molecule has 0 radical (unpaired) electrons. The molecule has 0 saturated heterocycles. The Bertz CT molecular complexity index is 441. The first kappa shape index (κ1) is 25.6. The molecule has 0 atom stereocenters. The molecule has 0 unspecified atom stereocenters. The summed E-state index contributed by atoms with van der Waals surface area (Å²) in [6, 6.07) is 0. The van der Waals surface area contributed by atoms with Crippen LogP contribution in [-0.4, -0.2) is 37.2 Å². The minimum Gasteiger partial charge on any atom is -0.434 e. The van der Waals surface area contributed by atoms with Gasteiger partial charge in [0.1, 0.15) is 12.2 Å². The highest BCUT2D eigenvalue weighted by Crippen LogP contribution is 2.24. The number of hydrogen-bond acceptors (Lipinski definition) is 6. The van der Waals surface area contributed by atoms with Crippen molar-refractivity contribution in [1.82, 2.24) is 0 Å². The van der Waals surface area contributed by atoms with E-state index in [9.17, 15) is 9.59 Å². The smallest absolute Gasteiger partial charge is 0.434 e. The normalized spacial score (nSPS) is 19.2. The van der Waals surface area contributed by atoms with Gasteiger partial charge < -0.3 is 18.9 Å². The van der Waals surface area contributed by atoms with Gasteiger partial charge in [-0.15, -0.1) is 0 Å².